The molecule has 0 aliphatic heterocycles. The minimum Gasteiger partial charge on any atom is -0.278 e. The number of rotatable bonds is 7. The van der Waals surface area contributed by atoms with Crippen LogP contribution in [0.25, 0.3) is 0 Å². The van der Waals surface area contributed by atoms with E-state index in [0.29, 0.717) is 0 Å². The molecule has 0 bridgehead atoms. The molecule has 1 aromatic heterocycles. The first-order valence-corrected chi connectivity index (χ1v) is 9.98. The molecule has 0 radical (unpaired) electrons. The van der Waals surface area contributed by atoms with Crippen molar-refractivity contribution in [3.05, 3.63) is 87.7 Å². The number of anilines is 2. The molecule has 3 aromatic rings. The summed E-state index contributed by atoms with van der Waals surface area (Å²) < 4.78 is 28.1. The smallest absolute Gasteiger partial charge is 0.270 e. The number of aromatic nitrogens is 1. The number of sulfonamides is 1. The number of para-hydroxylation sites is 1. The zero-order chi connectivity index (χ0) is 20.9. The van der Waals surface area contributed by atoms with E-state index in [0.717, 1.165) is 11.6 Å². The van der Waals surface area contributed by atoms with Gasteiger partial charge in [0.25, 0.3) is 15.7 Å². The van der Waals surface area contributed by atoms with Gasteiger partial charge in [-0.1, -0.05) is 23.7 Å². The Kier molecular flexibility index (Phi) is 6.05. The maximum atomic E-state index is 12.9. The summed E-state index contributed by atoms with van der Waals surface area (Å²) in [6.45, 7) is 0. The molecule has 0 saturated heterocycles. The van der Waals surface area contributed by atoms with Crippen LogP contribution in [0.4, 0.5) is 17.1 Å². The van der Waals surface area contributed by atoms with E-state index in [-0.39, 0.29) is 27.0 Å². The van der Waals surface area contributed by atoms with Crippen molar-refractivity contribution in [3.63, 3.8) is 0 Å². The van der Waals surface area contributed by atoms with Crippen LogP contribution >= 0.6 is 11.6 Å². The van der Waals surface area contributed by atoms with Crippen LogP contribution in [-0.4, -0.2) is 24.5 Å². The van der Waals surface area contributed by atoms with Crippen LogP contribution in [0.3, 0.4) is 0 Å². The molecule has 0 aliphatic rings. The Morgan fingerprint density at radius 1 is 1.07 bits per heavy atom. The maximum Gasteiger partial charge on any atom is 0.270 e. The van der Waals surface area contributed by atoms with Gasteiger partial charge in [0.15, 0.2) is 0 Å². The highest BCUT2D eigenvalue weighted by atomic mass is 35.5. The first kappa shape index (κ1) is 20.2. The summed E-state index contributed by atoms with van der Waals surface area (Å²) in [5.41, 5.74) is 3.16. The Balaban J connectivity index is 1.96. The number of nitro groups is 1. The molecule has 0 atom stereocenters. The van der Waals surface area contributed by atoms with Gasteiger partial charge >= 0.3 is 0 Å². The average Bonchev–Trinajstić information content (AvgIpc) is 2.70. The zero-order valence-corrected chi connectivity index (χ0v) is 16.3. The Morgan fingerprint density at radius 2 is 1.79 bits per heavy atom. The van der Waals surface area contributed by atoms with Gasteiger partial charge in [-0.2, -0.15) is 5.10 Å². The van der Waals surface area contributed by atoms with E-state index >= 15 is 0 Å². The normalized spacial score (nSPS) is 11.3. The molecule has 1 heterocycles. The summed E-state index contributed by atoms with van der Waals surface area (Å²) in [5.74, 6) is 0. The number of hydrazone groups is 1. The molecular formula is C18H14ClN5O4S. The van der Waals surface area contributed by atoms with Gasteiger partial charge in [-0.15, -0.1) is 0 Å². The van der Waals surface area contributed by atoms with Gasteiger partial charge in [0.1, 0.15) is 4.90 Å². The topological polar surface area (TPSA) is 127 Å². The largest absolute Gasteiger partial charge is 0.278 e. The fraction of sp³-hybridized carbons (Fsp3) is 0. The molecule has 0 amide bonds. The lowest BCUT2D eigenvalue weighted by atomic mass is 10.3. The Hall–Kier alpha value is -3.50. The molecule has 0 spiro atoms. The summed E-state index contributed by atoms with van der Waals surface area (Å²) in [6, 6.07) is 13.1. The second-order valence-corrected chi connectivity index (χ2v) is 7.73. The maximum absolute atomic E-state index is 12.9. The molecule has 0 unspecified atom stereocenters. The number of nitrogens with one attached hydrogen (secondary N) is 2. The predicted molar refractivity (Wildman–Crippen MR) is 111 cm³/mol. The number of nitro benzene ring substituents is 1. The first-order valence-electron chi connectivity index (χ1n) is 8.12. The summed E-state index contributed by atoms with van der Waals surface area (Å²) in [5, 5.41) is 15.3. The van der Waals surface area contributed by atoms with E-state index < -0.39 is 14.9 Å². The van der Waals surface area contributed by atoms with Crippen molar-refractivity contribution in [2.24, 2.45) is 5.10 Å². The van der Waals surface area contributed by atoms with Gasteiger partial charge in [-0.05, 0) is 35.9 Å². The van der Waals surface area contributed by atoms with E-state index in [1.54, 1.807) is 36.7 Å². The number of benzene rings is 2. The molecule has 148 valence electrons. The lowest BCUT2D eigenvalue weighted by molar-refractivity contribution is -0.385. The number of non-ortho nitro benzene ring substituents is 1. The Labute approximate surface area is 171 Å². The van der Waals surface area contributed by atoms with E-state index in [4.69, 9.17) is 11.6 Å². The van der Waals surface area contributed by atoms with Crippen LogP contribution in [0.5, 0.6) is 0 Å². The van der Waals surface area contributed by atoms with Crippen LogP contribution in [0.15, 0.2) is 77.0 Å². The van der Waals surface area contributed by atoms with Crippen LogP contribution in [0, 0.1) is 10.1 Å². The van der Waals surface area contributed by atoms with Crippen molar-refractivity contribution in [1.29, 1.82) is 0 Å². The van der Waals surface area contributed by atoms with Crippen molar-refractivity contribution in [1.82, 2.24) is 4.98 Å². The summed E-state index contributed by atoms with van der Waals surface area (Å²) in [4.78, 5) is 14.0. The number of halogens is 1. The average molecular weight is 432 g/mol. The highest BCUT2D eigenvalue weighted by molar-refractivity contribution is 7.93. The molecule has 3 rings (SSSR count). The minimum atomic E-state index is -4.20. The summed E-state index contributed by atoms with van der Waals surface area (Å²) in [7, 11) is -4.20. The molecule has 0 fully saturated rings. The molecular weight excluding hydrogens is 418 g/mol. The number of pyridine rings is 1. The van der Waals surface area contributed by atoms with Crippen molar-refractivity contribution in [2.45, 2.75) is 4.90 Å². The van der Waals surface area contributed by atoms with Crippen molar-refractivity contribution in [3.8, 4) is 0 Å². The highest BCUT2D eigenvalue weighted by Crippen LogP contribution is 2.30. The Bertz CT molecular complexity index is 1170. The van der Waals surface area contributed by atoms with Crippen molar-refractivity contribution >= 4 is 44.9 Å². The van der Waals surface area contributed by atoms with E-state index in [9.17, 15) is 18.5 Å². The third-order valence-electron chi connectivity index (χ3n) is 3.69. The summed E-state index contributed by atoms with van der Waals surface area (Å²) >= 11 is 6.01. The fourth-order valence-electron chi connectivity index (χ4n) is 2.31. The molecule has 2 N–H and O–H groups in total. The van der Waals surface area contributed by atoms with Crippen LogP contribution < -0.4 is 10.1 Å². The highest BCUT2D eigenvalue weighted by Gasteiger charge is 2.23. The second kappa shape index (κ2) is 8.67. The van der Waals surface area contributed by atoms with Gasteiger partial charge in [0.2, 0.25) is 0 Å². The van der Waals surface area contributed by atoms with Crippen LogP contribution in [0.2, 0.25) is 5.02 Å². The van der Waals surface area contributed by atoms with Gasteiger partial charge in [0.05, 0.1) is 27.5 Å². The van der Waals surface area contributed by atoms with Gasteiger partial charge in [-0.3, -0.25) is 25.2 Å². The molecule has 11 heteroatoms. The van der Waals surface area contributed by atoms with E-state index in [2.05, 4.69) is 20.2 Å². The Morgan fingerprint density at radius 3 is 2.48 bits per heavy atom. The minimum absolute atomic E-state index is 0.0560. The monoisotopic (exact) mass is 431 g/mol. The summed E-state index contributed by atoms with van der Waals surface area (Å²) in [6.07, 6.45) is 4.62. The number of hydrogen-bond donors (Lipinski definition) is 2. The van der Waals surface area contributed by atoms with Gasteiger partial charge in [0, 0.05) is 24.5 Å². The molecule has 9 nitrogen and oxygen atoms in total. The number of nitrogens with zero attached hydrogens (tertiary/aromatic N) is 3. The lowest BCUT2D eigenvalue weighted by Crippen LogP contribution is -2.15. The third-order valence-corrected chi connectivity index (χ3v) is 5.42. The zero-order valence-electron chi connectivity index (χ0n) is 14.7. The van der Waals surface area contributed by atoms with Crippen LogP contribution in [0.1, 0.15) is 5.56 Å². The molecule has 0 saturated carbocycles. The predicted octanol–water partition coefficient (Wildman–Crippen LogP) is 3.89. The van der Waals surface area contributed by atoms with Gasteiger partial charge < -0.3 is 0 Å². The third kappa shape index (κ3) is 5.06. The standard InChI is InChI=1S/C18H14ClN5O4S/c19-15-3-1-2-4-16(15)23-29(27,28)18-11-14(24(25)26)5-6-17(18)22-21-12-13-7-9-20-10-8-13/h1-12,22-23H/b21-12-. The fourth-order valence-corrected chi connectivity index (χ4v) is 3.80. The molecule has 0 aliphatic carbocycles. The van der Waals surface area contributed by atoms with E-state index in [1.807, 2.05) is 0 Å². The number of hydrogen-bond acceptors (Lipinski definition) is 7. The van der Waals surface area contributed by atoms with Crippen molar-refractivity contribution in [2.75, 3.05) is 10.1 Å². The first-order chi connectivity index (χ1) is 13.9. The van der Waals surface area contributed by atoms with Crippen LogP contribution in [-0.2, 0) is 10.0 Å². The van der Waals surface area contributed by atoms with Crippen molar-refractivity contribution < 1.29 is 13.3 Å². The molecule has 29 heavy (non-hydrogen) atoms. The quantitative estimate of drug-likeness (QED) is 0.332. The lowest BCUT2D eigenvalue weighted by Gasteiger charge is -2.12. The SMILES string of the molecule is O=[N+]([O-])c1ccc(N/N=C\c2ccncc2)c(S(=O)(=O)Nc2ccccc2Cl)c1. The second-order valence-electron chi connectivity index (χ2n) is 5.67. The van der Waals surface area contributed by atoms with Gasteiger partial charge in [-0.25, -0.2) is 8.42 Å². The molecule has 2 aromatic carbocycles. The van der Waals surface area contributed by atoms with E-state index in [1.165, 1.54) is 30.5 Å².